The average Bonchev–Trinajstić information content (AvgIpc) is 2.62. The van der Waals surface area contributed by atoms with Gasteiger partial charge in [-0.25, -0.2) is 0 Å². The highest BCUT2D eigenvalue weighted by molar-refractivity contribution is 4.67. The molecule has 2 nitrogen and oxygen atoms in total. The molecule has 0 aromatic rings. The van der Waals surface area contributed by atoms with E-state index in [0.29, 0.717) is 12.1 Å². The van der Waals surface area contributed by atoms with Crippen molar-refractivity contribution in [2.24, 2.45) is 5.92 Å². The SMILES string of the molecule is CCCNC(C)CC(C)OCC1CCCCCC1. The van der Waals surface area contributed by atoms with E-state index in [1.54, 1.807) is 0 Å². The van der Waals surface area contributed by atoms with Crippen LogP contribution in [0.3, 0.4) is 0 Å². The van der Waals surface area contributed by atoms with Crippen LogP contribution in [0.25, 0.3) is 0 Å². The molecule has 0 amide bonds. The standard InChI is InChI=1S/C16H33NO/c1-4-11-17-14(2)12-15(3)18-13-16-9-7-5-6-8-10-16/h14-17H,4-13H2,1-3H3. The van der Waals surface area contributed by atoms with Crippen LogP contribution in [-0.2, 0) is 4.74 Å². The summed E-state index contributed by atoms with van der Waals surface area (Å²) < 4.78 is 6.05. The Labute approximate surface area is 114 Å². The van der Waals surface area contributed by atoms with E-state index in [4.69, 9.17) is 4.74 Å². The Morgan fingerprint density at radius 3 is 2.39 bits per heavy atom. The van der Waals surface area contributed by atoms with Gasteiger partial charge in [-0.3, -0.25) is 0 Å². The number of hydrogen-bond donors (Lipinski definition) is 1. The lowest BCUT2D eigenvalue weighted by molar-refractivity contribution is 0.0271. The molecule has 108 valence electrons. The molecule has 0 spiro atoms. The van der Waals surface area contributed by atoms with Crippen molar-refractivity contribution in [2.75, 3.05) is 13.2 Å². The molecule has 1 fully saturated rings. The Hall–Kier alpha value is -0.0800. The van der Waals surface area contributed by atoms with Crippen molar-refractivity contribution in [3.8, 4) is 0 Å². The Bertz CT molecular complexity index is 188. The van der Waals surface area contributed by atoms with E-state index in [2.05, 4.69) is 26.1 Å². The number of ether oxygens (including phenoxy) is 1. The summed E-state index contributed by atoms with van der Waals surface area (Å²) in [5.41, 5.74) is 0. The zero-order valence-corrected chi connectivity index (χ0v) is 12.7. The van der Waals surface area contributed by atoms with Crippen LogP contribution in [0.4, 0.5) is 0 Å². The fourth-order valence-electron chi connectivity index (χ4n) is 2.87. The van der Waals surface area contributed by atoms with E-state index < -0.39 is 0 Å². The summed E-state index contributed by atoms with van der Waals surface area (Å²) in [5.74, 6) is 0.828. The minimum absolute atomic E-state index is 0.396. The quantitative estimate of drug-likeness (QED) is 0.658. The van der Waals surface area contributed by atoms with Crippen molar-refractivity contribution in [3.05, 3.63) is 0 Å². The monoisotopic (exact) mass is 255 g/mol. The molecule has 1 rings (SSSR count). The second-order valence-electron chi connectivity index (χ2n) is 6.09. The number of hydrogen-bond acceptors (Lipinski definition) is 2. The molecule has 2 unspecified atom stereocenters. The first-order valence-electron chi connectivity index (χ1n) is 8.07. The van der Waals surface area contributed by atoms with Crippen molar-refractivity contribution >= 4 is 0 Å². The molecule has 1 aliphatic rings. The van der Waals surface area contributed by atoms with Crippen molar-refractivity contribution in [1.82, 2.24) is 5.32 Å². The normalized spacial score (nSPS) is 21.5. The van der Waals surface area contributed by atoms with Crippen LogP contribution in [0.5, 0.6) is 0 Å². The summed E-state index contributed by atoms with van der Waals surface area (Å²) in [4.78, 5) is 0. The molecule has 0 bridgehead atoms. The van der Waals surface area contributed by atoms with Gasteiger partial charge in [0.15, 0.2) is 0 Å². The lowest BCUT2D eigenvalue weighted by Gasteiger charge is -2.22. The topological polar surface area (TPSA) is 21.3 Å². The van der Waals surface area contributed by atoms with Crippen LogP contribution in [0.2, 0.25) is 0 Å². The molecule has 1 N–H and O–H groups in total. The van der Waals surface area contributed by atoms with Crippen LogP contribution in [0.15, 0.2) is 0 Å². The average molecular weight is 255 g/mol. The van der Waals surface area contributed by atoms with Gasteiger partial charge in [-0.05, 0) is 52.0 Å². The van der Waals surface area contributed by atoms with Gasteiger partial charge in [0.25, 0.3) is 0 Å². The molecule has 0 aromatic heterocycles. The molecule has 0 aliphatic heterocycles. The van der Waals surface area contributed by atoms with Crippen LogP contribution in [-0.4, -0.2) is 25.3 Å². The molecule has 0 aromatic carbocycles. The van der Waals surface area contributed by atoms with E-state index in [9.17, 15) is 0 Å². The van der Waals surface area contributed by atoms with Gasteiger partial charge in [-0.1, -0.05) is 32.6 Å². The van der Waals surface area contributed by atoms with Gasteiger partial charge in [0.05, 0.1) is 6.10 Å². The van der Waals surface area contributed by atoms with Gasteiger partial charge < -0.3 is 10.1 Å². The van der Waals surface area contributed by atoms with Crippen LogP contribution >= 0.6 is 0 Å². The third-order valence-electron chi connectivity index (χ3n) is 4.02. The molecule has 2 atom stereocenters. The van der Waals surface area contributed by atoms with Gasteiger partial charge in [0.2, 0.25) is 0 Å². The summed E-state index contributed by atoms with van der Waals surface area (Å²) >= 11 is 0. The van der Waals surface area contributed by atoms with Crippen LogP contribution in [0, 0.1) is 5.92 Å². The second kappa shape index (κ2) is 9.80. The van der Waals surface area contributed by atoms with Crippen molar-refractivity contribution in [3.63, 3.8) is 0 Å². The highest BCUT2D eigenvalue weighted by atomic mass is 16.5. The van der Waals surface area contributed by atoms with E-state index in [1.165, 1.54) is 44.9 Å². The van der Waals surface area contributed by atoms with Crippen LogP contribution in [0.1, 0.15) is 72.1 Å². The molecule has 1 aliphatic carbocycles. The molecular formula is C16H33NO. The van der Waals surface area contributed by atoms with Gasteiger partial charge in [0, 0.05) is 12.6 Å². The molecule has 1 saturated carbocycles. The second-order valence-corrected chi connectivity index (χ2v) is 6.09. The fraction of sp³-hybridized carbons (Fsp3) is 1.00. The van der Waals surface area contributed by atoms with E-state index in [1.807, 2.05) is 0 Å². The van der Waals surface area contributed by atoms with Gasteiger partial charge >= 0.3 is 0 Å². The van der Waals surface area contributed by atoms with Gasteiger partial charge in [-0.2, -0.15) is 0 Å². The van der Waals surface area contributed by atoms with Crippen molar-refractivity contribution < 1.29 is 4.74 Å². The number of nitrogens with one attached hydrogen (secondary N) is 1. The third-order valence-corrected chi connectivity index (χ3v) is 4.02. The number of rotatable bonds is 8. The molecule has 0 heterocycles. The highest BCUT2D eigenvalue weighted by Gasteiger charge is 2.15. The molecule has 18 heavy (non-hydrogen) atoms. The van der Waals surface area contributed by atoms with E-state index in [-0.39, 0.29) is 0 Å². The minimum atomic E-state index is 0.396. The van der Waals surface area contributed by atoms with E-state index >= 15 is 0 Å². The first-order valence-corrected chi connectivity index (χ1v) is 8.07. The minimum Gasteiger partial charge on any atom is -0.378 e. The van der Waals surface area contributed by atoms with Crippen molar-refractivity contribution in [2.45, 2.75) is 84.3 Å². The molecular weight excluding hydrogens is 222 g/mol. The Morgan fingerprint density at radius 1 is 1.11 bits per heavy atom. The predicted molar refractivity (Wildman–Crippen MR) is 79.0 cm³/mol. The lowest BCUT2D eigenvalue weighted by Crippen LogP contribution is -2.31. The maximum Gasteiger partial charge on any atom is 0.0561 e. The third kappa shape index (κ3) is 7.38. The summed E-state index contributed by atoms with van der Waals surface area (Å²) in [5, 5.41) is 3.53. The highest BCUT2D eigenvalue weighted by Crippen LogP contribution is 2.23. The summed E-state index contributed by atoms with van der Waals surface area (Å²) in [7, 11) is 0. The Morgan fingerprint density at radius 2 is 1.78 bits per heavy atom. The first-order chi connectivity index (χ1) is 8.72. The summed E-state index contributed by atoms with van der Waals surface area (Å²) in [6.07, 6.45) is 11.2. The van der Waals surface area contributed by atoms with Gasteiger partial charge in [-0.15, -0.1) is 0 Å². The zero-order chi connectivity index (χ0) is 13.2. The first kappa shape index (κ1) is 16.0. The molecule has 2 heteroatoms. The smallest absolute Gasteiger partial charge is 0.0561 e. The maximum absolute atomic E-state index is 6.05. The van der Waals surface area contributed by atoms with E-state index in [0.717, 1.165) is 25.5 Å². The summed E-state index contributed by atoms with van der Waals surface area (Å²) in [6, 6.07) is 0.578. The Kier molecular flexibility index (Phi) is 8.70. The van der Waals surface area contributed by atoms with Crippen molar-refractivity contribution in [1.29, 1.82) is 0 Å². The van der Waals surface area contributed by atoms with Crippen LogP contribution < -0.4 is 5.32 Å². The lowest BCUT2D eigenvalue weighted by atomic mass is 10.0. The zero-order valence-electron chi connectivity index (χ0n) is 12.7. The maximum atomic E-state index is 6.05. The fourth-order valence-corrected chi connectivity index (χ4v) is 2.87. The predicted octanol–water partition coefficient (Wildman–Crippen LogP) is 4.14. The van der Waals surface area contributed by atoms with Gasteiger partial charge in [0.1, 0.15) is 0 Å². The molecule has 0 radical (unpaired) electrons. The summed E-state index contributed by atoms with van der Waals surface area (Å²) in [6.45, 7) is 8.81. The molecule has 0 saturated heterocycles. The Balaban J connectivity index is 2.09. The largest absolute Gasteiger partial charge is 0.378 e.